The van der Waals surface area contributed by atoms with Crippen molar-refractivity contribution in [2.75, 3.05) is 32.8 Å². The minimum absolute atomic E-state index is 0.303. The third-order valence-electron chi connectivity index (χ3n) is 4.61. The largest absolute Gasteiger partial charge is 0.377 e. The maximum atomic E-state index is 9.02. The number of guanidine groups is 1. The molecule has 1 saturated heterocycles. The Kier molecular flexibility index (Phi) is 9.09. The third kappa shape index (κ3) is 7.98. The summed E-state index contributed by atoms with van der Waals surface area (Å²) in [6.45, 7) is 11.6. The van der Waals surface area contributed by atoms with E-state index in [1.807, 2.05) is 24.3 Å². The first kappa shape index (κ1) is 21.2. The fraction of sp³-hybridized carbons (Fsp3) is 0.619. The van der Waals surface area contributed by atoms with Crippen LogP contribution >= 0.6 is 0 Å². The van der Waals surface area contributed by atoms with Gasteiger partial charge in [-0.15, -0.1) is 0 Å². The molecule has 6 heteroatoms. The van der Waals surface area contributed by atoms with E-state index < -0.39 is 0 Å². The van der Waals surface area contributed by atoms with E-state index in [-0.39, 0.29) is 0 Å². The summed E-state index contributed by atoms with van der Waals surface area (Å²) in [6.07, 6.45) is 2.52. The van der Waals surface area contributed by atoms with Gasteiger partial charge in [-0.3, -0.25) is 0 Å². The van der Waals surface area contributed by atoms with Crippen LogP contribution < -0.4 is 10.6 Å². The van der Waals surface area contributed by atoms with Crippen LogP contribution in [0.25, 0.3) is 0 Å². The number of hydrogen-bond acceptors (Lipinski definition) is 4. The lowest BCUT2D eigenvalue weighted by Gasteiger charge is -2.33. The van der Waals surface area contributed by atoms with E-state index in [4.69, 9.17) is 15.0 Å². The average molecular weight is 372 g/mol. The summed E-state index contributed by atoms with van der Waals surface area (Å²) in [7, 11) is 0. The van der Waals surface area contributed by atoms with Crippen molar-refractivity contribution in [2.45, 2.75) is 52.3 Å². The molecule has 27 heavy (non-hydrogen) atoms. The van der Waals surface area contributed by atoms with Crippen molar-refractivity contribution in [1.82, 2.24) is 15.5 Å². The Morgan fingerprint density at radius 2 is 2.15 bits per heavy atom. The predicted octanol–water partition coefficient (Wildman–Crippen LogP) is 2.50. The molecular weight excluding hydrogens is 338 g/mol. The molecule has 0 amide bonds. The summed E-state index contributed by atoms with van der Waals surface area (Å²) < 4.78 is 5.65. The van der Waals surface area contributed by atoms with Gasteiger partial charge in [-0.2, -0.15) is 5.26 Å². The van der Waals surface area contributed by atoms with Crippen LogP contribution in [0.2, 0.25) is 0 Å². The Morgan fingerprint density at radius 3 is 2.81 bits per heavy atom. The van der Waals surface area contributed by atoms with Gasteiger partial charge in [-0.1, -0.05) is 12.1 Å². The van der Waals surface area contributed by atoms with Crippen LogP contribution in [-0.4, -0.2) is 55.8 Å². The maximum absolute atomic E-state index is 9.02. The van der Waals surface area contributed by atoms with Crippen molar-refractivity contribution in [3.63, 3.8) is 0 Å². The highest BCUT2D eigenvalue weighted by Gasteiger charge is 2.19. The third-order valence-corrected chi connectivity index (χ3v) is 4.61. The molecule has 0 aromatic heterocycles. The number of nitrogens with one attached hydrogen (secondary N) is 2. The highest BCUT2D eigenvalue weighted by Crippen LogP contribution is 2.10. The second-order valence-corrected chi connectivity index (χ2v) is 7.19. The van der Waals surface area contributed by atoms with Crippen LogP contribution in [0.5, 0.6) is 0 Å². The standard InChI is InChI=1S/C21H33N5O/c1-4-23-21(24-16-19-7-5-6-18(14-19)15-22)25-20-8-10-26(11-9-20)12-13-27-17(2)3/h5-7,14,17,20H,4,8-13,16H2,1-3H3,(H2,23,24,25). The maximum Gasteiger partial charge on any atom is 0.191 e. The Hall–Kier alpha value is -2.10. The molecule has 1 aliphatic heterocycles. The number of hydrogen-bond donors (Lipinski definition) is 2. The molecule has 0 atom stereocenters. The van der Waals surface area contributed by atoms with E-state index in [0.29, 0.717) is 24.3 Å². The zero-order valence-electron chi connectivity index (χ0n) is 16.9. The van der Waals surface area contributed by atoms with Crippen molar-refractivity contribution in [3.8, 4) is 6.07 Å². The molecule has 0 unspecified atom stereocenters. The molecule has 0 saturated carbocycles. The number of likely N-dealkylation sites (tertiary alicyclic amines) is 1. The molecule has 1 aliphatic rings. The molecule has 1 fully saturated rings. The molecule has 0 bridgehead atoms. The Labute approximate surface area is 163 Å². The molecule has 2 N–H and O–H groups in total. The van der Waals surface area contributed by atoms with E-state index in [1.165, 1.54) is 0 Å². The van der Waals surface area contributed by atoms with E-state index in [9.17, 15) is 0 Å². The zero-order chi connectivity index (χ0) is 19.5. The molecule has 0 radical (unpaired) electrons. The molecule has 2 rings (SSSR count). The number of aliphatic imine (C=N–C) groups is 1. The Bertz CT molecular complexity index is 630. The molecule has 0 aliphatic carbocycles. The summed E-state index contributed by atoms with van der Waals surface area (Å²) in [5, 5.41) is 15.9. The fourth-order valence-corrected chi connectivity index (χ4v) is 3.14. The smallest absolute Gasteiger partial charge is 0.191 e. The minimum atomic E-state index is 0.303. The lowest BCUT2D eigenvalue weighted by molar-refractivity contribution is 0.0532. The topological polar surface area (TPSA) is 72.7 Å². The molecule has 1 aromatic carbocycles. The number of benzene rings is 1. The van der Waals surface area contributed by atoms with Crippen molar-refractivity contribution in [2.24, 2.45) is 4.99 Å². The van der Waals surface area contributed by atoms with Crippen LogP contribution in [0, 0.1) is 11.3 Å². The number of rotatable bonds is 8. The van der Waals surface area contributed by atoms with Gasteiger partial charge >= 0.3 is 0 Å². The summed E-state index contributed by atoms with van der Waals surface area (Å²) in [5.41, 5.74) is 1.72. The van der Waals surface area contributed by atoms with Crippen molar-refractivity contribution < 1.29 is 4.74 Å². The van der Waals surface area contributed by atoms with Gasteiger partial charge in [0.15, 0.2) is 5.96 Å². The summed E-state index contributed by atoms with van der Waals surface area (Å²) in [4.78, 5) is 7.16. The lowest BCUT2D eigenvalue weighted by Crippen LogP contribution is -2.49. The van der Waals surface area contributed by atoms with Gasteiger partial charge in [-0.05, 0) is 51.3 Å². The van der Waals surface area contributed by atoms with Gasteiger partial charge in [0.25, 0.3) is 0 Å². The van der Waals surface area contributed by atoms with E-state index >= 15 is 0 Å². The summed E-state index contributed by atoms with van der Waals surface area (Å²) in [6, 6.07) is 10.2. The van der Waals surface area contributed by atoms with Crippen molar-refractivity contribution in [3.05, 3.63) is 35.4 Å². The number of piperidine rings is 1. The second kappa shape index (κ2) is 11.6. The predicted molar refractivity (Wildman–Crippen MR) is 110 cm³/mol. The van der Waals surface area contributed by atoms with Gasteiger partial charge in [0, 0.05) is 32.2 Å². The normalized spacial score (nSPS) is 16.3. The average Bonchev–Trinajstić information content (AvgIpc) is 2.67. The Morgan fingerprint density at radius 1 is 1.37 bits per heavy atom. The first-order valence-electron chi connectivity index (χ1n) is 9.98. The number of ether oxygens (including phenoxy) is 1. The van der Waals surface area contributed by atoms with Gasteiger partial charge in [0.05, 0.1) is 30.9 Å². The van der Waals surface area contributed by atoms with Crippen LogP contribution in [0.1, 0.15) is 44.7 Å². The number of nitriles is 1. The van der Waals surface area contributed by atoms with Gasteiger partial charge in [0.2, 0.25) is 0 Å². The zero-order valence-corrected chi connectivity index (χ0v) is 16.9. The molecule has 148 valence electrons. The molecule has 1 aromatic rings. The van der Waals surface area contributed by atoms with E-state index in [1.54, 1.807) is 0 Å². The molecule has 6 nitrogen and oxygen atoms in total. The fourth-order valence-electron chi connectivity index (χ4n) is 3.14. The monoisotopic (exact) mass is 371 g/mol. The quantitative estimate of drug-likeness (QED) is 0.543. The summed E-state index contributed by atoms with van der Waals surface area (Å²) in [5.74, 6) is 0.849. The van der Waals surface area contributed by atoms with Crippen LogP contribution in [0.4, 0.5) is 0 Å². The van der Waals surface area contributed by atoms with Gasteiger partial charge < -0.3 is 20.3 Å². The number of nitrogens with zero attached hydrogens (tertiary/aromatic N) is 3. The van der Waals surface area contributed by atoms with Crippen LogP contribution in [-0.2, 0) is 11.3 Å². The summed E-state index contributed by atoms with van der Waals surface area (Å²) >= 11 is 0. The van der Waals surface area contributed by atoms with Gasteiger partial charge in [0.1, 0.15) is 0 Å². The highest BCUT2D eigenvalue weighted by molar-refractivity contribution is 5.80. The van der Waals surface area contributed by atoms with E-state index in [0.717, 1.165) is 57.2 Å². The molecule has 1 heterocycles. The van der Waals surface area contributed by atoms with Gasteiger partial charge in [-0.25, -0.2) is 4.99 Å². The first-order valence-corrected chi connectivity index (χ1v) is 9.98. The minimum Gasteiger partial charge on any atom is -0.377 e. The van der Waals surface area contributed by atoms with E-state index in [2.05, 4.69) is 42.4 Å². The first-order chi connectivity index (χ1) is 13.1. The van der Waals surface area contributed by atoms with Crippen LogP contribution in [0.15, 0.2) is 29.3 Å². The Balaban J connectivity index is 1.81. The van der Waals surface area contributed by atoms with Crippen molar-refractivity contribution >= 4 is 5.96 Å². The van der Waals surface area contributed by atoms with Crippen molar-refractivity contribution in [1.29, 1.82) is 5.26 Å². The SMILES string of the molecule is CCNC(=NCc1cccc(C#N)c1)NC1CCN(CCOC(C)C)CC1. The molecule has 0 spiro atoms. The molecular formula is C21H33N5O. The highest BCUT2D eigenvalue weighted by atomic mass is 16.5. The second-order valence-electron chi connectivity index (χ2n) is 7.19. The van der Waals surface area contributed by atoms with Crippen LogP contribution in [0.3, 0.4) is 0 Å². The lowest BCUT2D eigenvalue weighted by atomic mass is 10.1.